The number of fused-ring (bicyclic) bond motifs is 1. The Morgan fingerprint density at radius 3 is 2.17 bits per heavy atom. The van der Waals surface area contributed by atoms with Gasteiger partial charge in [-0.1, -0.05) is 86.3 Å². The molecule has 2 aromatic carbocycles. The molecule has 0 spiro atoms. The van der Waals surface area contributed by atoms with Gasteiger partial charge in [-0.2, -0.15) is 5.10 Å². The van der Waals surface area contributed by atoms with Crippen LogP contribution in [0, 0.1) is 0 Å². The molecular weight excluding hydrogens is 468 g/mol. The van der Waals surface area contributed by atoms with E-state index in [9.17, 15) is 4.79 Å². The molecular formula is C28H34N6OS. The fourth-order valence-corrected chi connectivity index (χ4v) is 4.81. The van der Waals surface area contributed by atoms with Gasteiger partial charge in [-0.05, 0) is 25.0 Å². The molecule has 188 valence electrons. The molecule has 0 aliphatic carbocycles. The number of anilines is 1. The molecule has 36 heavy (non-hydrogen) atoms. The van der Waals surface area contributed by atoms with Crippen LogP contribution < -0.4 is 10.6 Å². The first-order chi connectivity index (χ1) is 17.4. The van der Waals surface area contributed by atoms with Crippen molar-refractivity contribution in [3.8, 4) is 0 Å². The van der Waals surface area contributed by atoms with Crippen LogP contribution in [0.5, 0.6) is 0 Å². The lowest BCUT2D eigenvalue weighted by Gasteiger charge is -2.18. The summed E-state index contributed by atoms with van der Waals surface area (Å²) in [6.07, 6.45) is 2.18. The molecule has 7 nitrogen and oxygen atoms in total. The maximum absolute atomic E-state index is 13.0. The van der Waals surface area contributed by atoms with E-state index >= 15 is 0 Å². The number of carbonyl (C=O) groups is 1. The molecule has 2 N–H and O–H groups in total. The van der Waals surface area contributed by atoms with Crippen LogP contribution in [0.4, 0.5) is 5.82 Å². The Morgan fingerprint density at radius 2 is 1.58 bits per heavy atom. The van der Waals surface area contributed by atoms with Gasteiger partial charge < -0.3 is 10.6 Å². The predicted molar refractivity (Wildman–Crippen MR) is 147 cm³/mol. The molecule has 0 unspecified atom stereocenters. The summed E-state index contributed by atoms with van der Waals surface area (Å²) < 4.78 is 1.85. The molecule has 0 bridgehead atoms. The first-order valence-corrected chi connectivity index (χ1v) is 13.3. The Balaban J connectivity index is 1.46. The fraction of sp³-hybridized carbons (Fsp3) is 0.357. The zero-order valence-corrected chi connectivity index (χ0v) is 22.1. The lowest BCUT2D eigenvalue weighted by molar-refractivity contribution is -0.121. The Bertz CT molecular complexity index is 1230. The van der Waals surface area contributed by atoms with Crippen molar-refractivity contribution in [2.24, 2.45) is 0 Å². The lowest BCUT2D eigenvalue weighted by atomic mass is 9.88. The van der Waals surface area contributed by atoms with E-state index in [0.29, 0.717) is 24.8 Å². The number of thioether (sulfide) groups is 1. The second kappa shape index (κ2) is 12.0. The molecule has 0 saturated carbocycles. The first kappa shape index (κ1) is 25.7. The summed E-state index contributed by atoms with van der Waals surface area (Å²) in [5.41, 5.74) is 3.04. The van der Waals surface area contributed by atoms with Crippen LogP contribution in [-0.4, -0.2) is 43.5 Å². The summed E-state index contributed by atoms with van der Waals surface area (Å²) >= 11 is 1.62. The van der Waals surface area contributed by atoms with Crippen molar-refractivity contribution >= 4 is 34.5 Å². The number of nitrogens with one attached hydrogen (secondary N) is 2. The quantitative estimate of drug-likeness (QED) is 0.209. The normalized spacial score (nSPS) is 11.5. The van der Waals surface area contributed by atoms with Crippen molar-refractivity contribution in [2.45, 2.75) is 63.0 Å². The van der Waals surface area contributed by atoms with Crippen LogP contribution >= 0.6 is 11.8 Å². The largest absolute Gasteiger partial charge is 0.367 e. The molecule has 0 saturated heterocycles. The molecule has 0 aliphatic heterocycles. The zero-order valence-electron chi connectivity index (χ0n) is 21.3. The Labute approximate surface area is 217 Å². The molecule has 4 rings (SSSR count). The van der Waals surface area contributed by atoms with E-state index in [2.05, 4.69) is 67.7 Å². The highest BCUT2D eigenvalue weighted by Crippen LogP contribution is 2.28. The van der Waals surface area contributed by atoms with Crippen molar-refractivity contribution < 1.29 is 4.79 Å². The van der Waals surface area contributed by atoms with Gasteiger partial charge in [0.25, 0.3) is 0 Å². The summed E-state index contributed by atoms with van der Waals surface area (Å²) in [6.45, 7) is 9.41. The monoisotopic (exact) mass is 502 g/mol. The predicted octanol–water partition coefficient (Wildman–Crippen LogP) is 5.49. The Hall–Kier alpha value is -3.39. The molecule has 0 aliphatic rings. The van der Waals surface area contributed by atoms with E-state index in [1.165, 1.54) is 0 Å². The van der Waals surface area contributed by atoms with Gasteiger partial charge in [0, 0.05) is 30.2 Å². The molecule has 0 atom stereocenters. The number of benzene rings is 2. The van der Waals surface area contributed by atoms with Crippen LogP contribution in [-0.2, 0) is 11.3 Å². The second-order valence-corrected chi connectivity index (χ2v) is 10.9. The van der Waals surface area contributed by atoms with Gasteiger partial charge in [0.15, 0.2) is 10.8 Å². The minimum atomic E-state index is 0.00552. The number of amides is 1. The molecule has 0 fully saturated rings. The summed E-state index contributed by atoms with van der Waals surface area (Å²) in [4.78, 5) is 22.4. The molecule has 2 aromatic heterocycles. The average molecular weight is 503 g/mol. The van der Waals surface area contributed by atoms with E-state index in [1.54, 1.807) is 18.0 Å². The van der Waals surface area contributed by atoms with Gasteiger partial charge in [-0.3, -0.25) is 4.79 Å². The van der Waals surface area contributed by atoms with Crippen LogP contribution in [0.2, 0.25) is 0 Å². The van der Waals surface area contributed by atoms with E-state index in [1.807, 2.05) is 41.1 Å². The van der Waals surface area contributed by atoms with Gasteiger partial charge in [0.1, 0.15) is 5.82 Å². The topological polar surface area (TPSA) is 84.7 Å². The van der Waals surface area contributed by atoms with Crippen molar-refractivity contribution in [3.63, 3.8) is 0 Å². The van der Waals surface area contributed by atoms with Gasteiger partial charge in [0.05, 0.1) is 18.1 Å². The third kappa shape index (κ3) is 6.63. The Morgan fingerprint density at radius 1 is 0.944 bits per heavy atom. The van der Waals surface area contributed by atoms with Crippen molar-refractivity contribution in [1.29, 1.82) is 0 Å². The highest BCUT2D eigenvalue weighted by molar-refractivity contribution is 7.99. The second-order valence-electron chi connectivity index (χ2n) is 9.35. The molecule has 0 radical (unpaired) electrons. The number of rotatable bonds is 11. The number of hydrogen-bond donors (Lipinski definition) is 2. The highest BCUT2D eigenvalue weighted by atomic mass is 32.2. The number of nitrogens with zero attached hydrogens (tertiary/aromatic N) is 4. The van der Waals surface area contributed by atoms with Crippen molar-refractivity contribution in [2.75, 3.05) is 11.9 Å². The smallest absolute Gasteiger partial charge is 0.221 e. The summed E-state index contributed by atoms with van der Waals surface area (Å²) in [5, 5.41) is 13.0. The van der Waals surface area contributed by atoms with Crippen molar-refractivity contribution in [1.82, 2.24) is 25.1 Å². The summed E-state index contributed by atoms with van der Waals surface area (Å²) in [5.74, 6) is 0.810. The van der Waals surface area contributed by atoms with Crippen LogP contribution in [0.15, 0.2) is 72.0 Å². The van der Waals surface area contributed by atoms with Crippen LogP contribution in [0.3, 0.4) is 0 Å². The van der Waals surface area contributed by atoms with E-state index in [4.69, 9.17) is 9.97 Å². The molecule has 8 heteroatoms. The highest BCUT2D eigenvalue weighted by Gasteiger charge is 2.19. The van der Waals surface area contributed by atoms with Crippen LogP contribution in [0.1, 0.15) is 51.2 Å². The average Bonchev–Trinajstić information content (AvgIpc) is 3.26. The summed E-state index contributed by atoms with van der Waals surface area (Å²) in [7, 11) is 0. The number of carbonyl (C=O) groups excluding carboxylic acids is 1. The van der Waals surface area contributed by atoms with Gasteiger partial charge >= 0.3 is 0 Å². The fourth-order valence-electron chi connectivity index (χ4n) is 4.10. The minimum Gasteiger partial charge on any atom is -0.367 e. The third-order valence-corrected chi connectivity index (χ3v) is 6.55. The maximum Gasteiger partial charge on any atom is 0.221 e. The zero-order chi connectivity index (χ0) is 25.5. The van der Waals surface area contributed by atoms with Crippen LogP contribution in [0.25, 0.3) is 11.0 Å². The maximum atomic E-state index is 13.0. The third-order valence-electron chi connectivity index (χ3n) is 5.68. The van der Waals surface area contributed by atoms with Gasteiger partial charge in [-0.15, -0.1) is 0 Å². The molecule has 4 aromatic rings. The lowest BCUT2D eigenvalue weighted by Crippen LogP contribution is -2.29. The number of aromatic nitrogens is 4. The molecule has 1 amide bonds. The molecule has 2 heterocycles. The number of hydrogen-bond acceptors (Lipinski definition) is 6. The SMILES string of the molecule is CC(C)Nc1nc(SC(C)C)nc2c1cnn2CCNC(=O)CC(c1ccccc1)c1ccccc1. The minimum absolute atomic E-state index is 0.00552. The van der Waals surface area contributed by atoms with Crippen molar-refractivity contribution in [3.05, 3.63) is 78.0 Å². The Kier molecular flexibility index (Phi) is 8.59. The van der Waals surface area contributed by atoms with E-state index in [0.717, 1.165) is 33.1 Å². The first-order valence-electron chi connectivity index (χ1n) is 12.4. The van der Waals surface area contributed by atoms with Gasteiger partial charge in [0.2, 0.25) is 5.91 Å². The van der Waals surface area contributed by atoms with E-state index in [-0.39, 0.29) is 17.9 Å². The summed E-state index contributed by atoms with van der Waals surface area (Å²) in [6, 6.07) is 20.6. The van der Waals surface area contributed by atoms with Gasteiger partial charge in [-0.25, -0.2) is 14.6 Å². The van der Waals surface area contributed by atoms with E-state index < -0.39 is 0 Å². The standard InChI is InChI=1S/C28H34N6OS/c1-19(2)31-26-24-18-30-34(27(24)33-28(32-26)36-20(3)4)16-15-29-25(35)17-23(21-11-7-5-8-12-21)22-13-9-6-10-14-22/h5-14,18-20,23H,15-17H2,1-4H3,(H,29,35)(H,31,32,33).